The van der Waals surface area contributed by atoms with E-state index in [1.54, 1.807) is 48.5 Å². The maximum absolute atomic E-state index is 9.91. The number of fused-ring (bicyclic) bond motifs is 4. The normalized spacial score (nSPS) is 13.8. The first kappa shape index (κ1) is 101. The minimum atomic E-state index is 0.245. The molecule has 0 unspecified atom stereocenters. The van der Waals surface area contributed by atoms with Gasteiger partial charge in [0.25, 0.3) is 0 Å². The highest BCUT2D eigenvalue weighted by molar-refractivity contribution is 6.31. The Kier molecular flexibility index (Phi) is 35.9. The van der Waals surface area contributed by atoms with Gasteiger partial charge in [0, 0.05) is 98.2 Å². The van der Waals surface area contributed by atoms with Crippen LogP contribution in [0.5, 0.6) is 46.0 Å². The summed E-state index contributed by atoms with van der Waals surface area (Å²) in [6.07, 6.45) is 8.60. The number of benzene rings is 12. The van der Waals surface area contributed by atoms with E-state index in [4.69, 9.17) is 83.0 Å². The number of rotatable bonds is 33. The molecule has 12 aromatic carbocycles. The number of hydrogen-bond donors (Lipinski definition) is 6. The summed E-state index contributed by atoms with van der Waals surface area (Å²) in [5, 5.41) is 51.6. The standard InChI is InChI=1S/C32H34ClNO3.C30H31ClN2O3.2C28H28ClNO3/c1-2-29(25-11-16-30-26(21-25)22-31(33)37-30)32(23-7-12-27(35)13-8-23)24-9-14-28(15-10-24)36-20-19-34-17-5-3-4-6-18-34;1-2-27(23-7-12-28-24(19-23)20-29(31)36-28)30(21-3-8-25(34)9-4-21)22-5-10-26(11-6-22)35-18-17-33-15-13-32-14-16-33;1-4-25(21-9-14-26-22(17-21)18-27(29)33-26)28(19-5-10-23(31)11-6-19)20-7-12-24(13-8-20)32-16-15-30(2)3;1-3-25(21-9-14-26-22(17-21)18-27(29)33-26)28(19-5-10-23(31)11-6-19)20-7-12-24(13-8-20)32-16-15-30-4-2/h7-16,21-22,35H,2-6,17-20H2,1H3;3-12,19-20,32,34H,2,13-18H2,1H3;5-14,17-18,31H,4,15-16H2,1-3H3;5-14,17-18,30-31H,3-4,15-16H2,1-2H3. The summed E-state index contributed by atoms with van der Waals surface area (Å²) in [6, 6.07) is 94.6. The molecule has 0 aliphatic carbocycles. The van der Waals surface area contributed by atoms with Crippen LogP contribution in [0, 0.1) is 0 Å². The van der Waals surface area contributed by atoms with E-state index in [1.807, 2.05) is 148 Å². The molecule has 6 heterocycles. The van der Waals surface area contributed by atoms with E-state index in [9.17, 15) is 20.4 Å². The highest BCUT2D eigenvalue weighted by Gasteiger charge is 2.23. The topological polar surface area (TPSA) is 204 Å². The van der Waals surface area contributed by atoms with Crippen LogP contribution < -0.4 is 29.6 Å². The number of nitrogens with one attached hydrogen (secondary N) is 2. The minimum Gasteiger partial charge on any atom is -0.508 e. The molecule has 2 saturated heterocycles. The molecule has 0 radical (unpaired) electrons. The Morgan fingerprint density at radius 3 is 0.813 bits per heavy atom. The Balaban J connectivity index is 0.000000141. The van der Waals surface area contributed by atoms with Crippen LogP contribution in [0.1, 0.15) is 153 Å². The van der Waals surface area contributed by atoms with E-state index in [1.165, 1.54) is 61.1 Å². The first-order chi connectivity index (χ1) is 67.7. The van der Waals surface area contributed by atoms with Crippen molar-refractivity contribution in [3.05, 3.63) is 379 Å². The molecule has 0 saturated carbocycles. The lowest BCUT2D eigenvalue weighted by molar-refractivity contribution is 0.191. The third-order valence-corrected chi connectivity index (χ3v) is 25.8. The zero-order valence-electron chi connectivity index (χ0n) is 79.9. The van der Waals surface area contributed by atoms with Crippen LogP contribution in [0.2, 0.25) is 20.9 Å². The molecule has 718 valence electrons. The largest absolute Gasteiger partial charge is 0.508 e. The number of phenols is 4. The van der Waals surface area contributed by atoms with Crippen molar-refractivity contribution in [2.24, 2.45) is 0 Å². The molecule has 6 N–H and O–H groups in total. The van der Waals surface area contributed by atoms with Crippen LogP contribution in [0.4, 0.5) is 0 Å². The molecule has 2 aliphatic heterocycles. The van der Waals surface area contributed by atoms with Crippen molar-refractivity contribution in [1.29, 1.82) is 0 Å². The number of hydrogen-bond acceptors (Lipinski definition) is 17. The van der Waals surface area contributed by atoms with Gasteiger partial charge in [0.1, 0.15) is 94.8 Å². The number of allylic oxidation sites excluding steroid dienone is 4. The van der Waals surface area contributed by atoms with Gasteiger partial charge in [-0.05, 0) is 376 Å². The van der Waals surface area contributed by atoms with E-state index >= 15 is 0 Å². The number of aromatic hydroxyl groups is 4. The molecular weight excluding hydrogens is 1820 g/mol. The van der Waals surface area contributed by atoms with Gasteiger partial charge < -0.3 is 72.6 Å². The smallest absolute Gasteiger partial charge is 0.194 e. The van der Waals surface area contributed by atoms with Gasteiger partial charge in [-0.15, -0.1) is 0 Å². The Bertz CT molecular complexity index is 6830. The summed E-state index contributed by atoms with van der Waals surface area (Å²) in [6.45, 7) is 24.5. The molecule has 21 heteroatoms. The second-order valence-corrected chi connectivity index (χ2v) is 36.2. The zero-order valence-corrected chi connectivity index (χ0v) is 82.9. The van der Waals surface area contributed by atoms with Gasteiger partial charge >= 0.3 is 0 Å². The van der Waals surface area contributed by atoms with Gasteiger partial charge in [-0.3, -0.25) is 9.80 Å². The summed E-state index contributed by atoms with van der Waals surface area (Å²) in [4.78, 5) is 7.04. The summed E-state index contributed by atoms with van der Waals surface area (Å²) in [5.41, 5.74) is 25.4. The molecule has 0 bridgehead atoms. The van der Waals surface area contributed by atoms with Crippen LogP contribution >= 0.6 is 46.4 Å². The van der Waals surface area contributed by atoms with E-state index in [2.05, 4.69) is 169 Å². The van der Waals surface area contributed by atoms with Crippen LogP contribution in [0.25, 0.3) is 88.5 Å². The zero-order chi connectivity index (χ0) is 97.1. The predicted octanol–water partition coefficient (Wildman–Crippen LogP) is 29.1. The molecule has 4 aromatic heterocycles. The molecule has 0 atom stereocenters. The summed E-state index contributed by atoms with van der Waals surface area (Å²) in [5.74, 6) is 4.43. The van der Waals surface area contributed by atoms with Crippen molar-refractivity contribution in [2.45, 2.75) is 86.0 Å². The lowest BCUT2D eigenvalue weighted by Gasteiger charge is -2.26. The Hall–Kier alpha value is -12.9. The first-order valence-corrected chi connectivity index (χ1v) is 49.6. The number of likely N-dealkylation sites (N-methyl/N-ethyl adjacent to an activating group) is 2. The van der Waals surface area contributed by atoms with Crippen LogP contribution in [-0.2, 0) is 0 Å². The van der Waals surface area contributed by atoms with Crippen molar-refractivity contribution in [3.63, 3.8) is 0 Å². The fraction of sp³-hybridized carbons (Fsp3) is 0.254. The minimum absolute atomic E-state index is 0.245. The SMILES string of the molecule is CCC(=C(c1ccc(O)cc1)c1ccc(OCCN(C)C)cc1)c1ccc2oc(Cl)cc2c1.CCC(=C(c1ccc(O)cc1)c1ccc(OCCN2CCCCCC2)cc1)c1ccc2oc(Cl)cc2c1.CCC(=C(c1ccc(O)cc1)c1ccc(OCCN2CCNCC2)cc1)c1ccc2oc(Cl)cc2c1.CCNCCOc1ccc(C(=C(CC)c2ccc3oc(Cl)cc3c2)c2ccc(O)cc2)cc1. The molecule has 0 amide bonds. The maximum Gasteiger partial charge on any atom is 0.194 e. The van der Waals surface area contributed by atoms with E-state index in [0.717, 1.165) is 241 Å². The van der Waals surface area contributed by atoms with Crippen LogP contribution in [0.15, 0.2) is 309 Å². The average molecular weight is 1940 g/mol. The second-order valence-electron chi connectivity index (χ2n) is 34.7. The fourth-order valence-electron chi connectivity index (χ4n) is 18.0. The van der Waals surface area contributed by atoms with Crippen molar-refractivity contribution < 1.29 is 57.0 Å². The number of nitrogens with zero attached hydrogens (tertiary/aromatic N) is 3. The van der Waals surface area contributed by atoms with Crippen LogP contribution in [-0.4, -0.2) is 148 Å². The molecular formula is C118H121Cl4N5O12. The van der Waals surface area contributed by atoms with E-state index in [0.29, 0.717) is 47.3 Å². The predicted molar refractivity (Wildman–Crippen MR) is 571 cm³/mol. The van der Waals surface area contributed by atoms with Gasteiger partial charge in [0.2, 0.25) is 0 Å². The lowest BCUT2D eigenvalue weighted by atomic mass is 9.88. The van der Waals surface area contributed by atoms with Crippen LogP contribution in [0.3, 0.4) is 0 Å². The highest BCUT2D eigenvalue weighted by Crippen LogP contribution is 2.44. The Morgan fingerprint density at radius 1 is 0.309 bits per heavy atom. The average Bonchev–Trinajstić information content (AvgIpc) is 1.77. The third-order valence-electron chi connectivity index (χ3n) is 25.0. The molecule has 16 aromatic rings. The summed E-state index contributed by atoms with van der Waals surface area (Å²) >= 11 is 24.3. The number of halogens is 4. The molecule has 2 fully saturated rings. The van der Waals surface area contributed by atoms with Gasteiger partial charge in [0.15, 0.2) is 20.9 Å². The number of piperazine rings is 1. The number of likely N-dealkylation sites (tertiary alicyclic amines) is 1. The van der Waals surface area contributed by atoms with Gasteiger partial charge in [-0.1, -0.05) is 169 Å². The quantitative estimate of drug-likeness (QED) is 0.0167. The van der Waals surface area contributed by atoms with Crippen molar-refractivity contribution >= 4 is 135 Å². The maximum atomic E-state index is 9.91. The Morgan fingerprint density at radius 2 is 0.554 bits per heavy atom. The lowest BCUT2D eigenvalue weighted by Crippen LogP contribution is -2.44. The van der Waals surface area contributed by atoms with Gasteiger partial charge in [0.05, 0.1) is 0 Å². The first-order valence-electron chi connectivity index (χ1n) is 48.1. The monoisotopic (exact) mass is 1940 g/mol. The Labute approximate surface area is 834 Å². The van der Waals surface area contributed by atoms with Crippen molar-refractivity contribution in [1.82, 2.24) is 25.3 Å². The summed E-state index contributed by atoms with van der Waals surface area (Å²) < 4.78 is 46.1. The van der Waals surface area contributed by atoms with Gasteiger partial charge in [-0.25, -0.2) is 0 Å². The van der Waals surface area contributed by atoms with Gasteiger partial charge in [-0.2, -0.15) is 0 Å². The highest BCUT2D eigenvalue weighted by atomic mass is 35.5. The van der Waals surface area contributed by atoms with Crippen molar-refractivity contribution in [3.8, 4) is 46.0 Å². The molecule has 17 nitrogen and oxygen atoms in total. The fourth-order valence-corrected chi connectivity index (χ4v) is 18.8. The summed E-state index contributed by atoms with van der Waals surface area (Å²) in [7, 11) is 4.06. The molecule has 0 spiro atoms. The molecule has 18 rings (SSSR count). The number of phenolic OH excluding ortho intramolecular Hbond substituents is 4. The third kappa shape index (κ3) is 27.2. The number of furan rings is 4. The van der Waals surface area contributed by atoms with E-state index in [-0.39, 0.29) is 23.0 Å². The number of ether oxygens (including phenoxy) is 4. The molecule has 2 aliphatic rings. The van der Waals surface area contributed by atoms with Crippen molar-refractivity contribution in [2.75, 3.05) is 113 Å². The van der Waals surface area contributed by atoms with E-state index < -0.39 is 0 Å². The molecule has 139 heavy (non-hydrogen) atoms. The second kappa shape index (κ2) is 49.6.